The number of anilines is 1. The monoisotopic (exact) mass is 502 g/mol. The standard InChI is InChI=1S/C28H27FN4O2S/c1-17-14-22(18(2)32(17)20-9-7-8-19(29)15-20)27-26(23-10-5-6-13-30-23)31-28(36)33(27)24-16-21(34-3)11-12-25(24)35-4/h5-16,26-27H,1-4H3,(H,31,36)/t26-,27+/m0/s1. The third kappa shape index (κ3) is 4.07. The van der Waals surface area contributed by atoms with Crippen LogP contribution in [0.5, 0.6) is 11.5 Å². The van der Waals surface area contributed by atoms with E-state index in [1.165, 1.54) is 6.07 Å². The highest BCUT2D eigenvalue weighted by atomic mass is 32.1. The van der Waals surface area contributed by atoms with Gasteiger partial charge in [-0.1, -0.05) is 12.1 Å². The summed E-state index contributed by atoms with van der Waals surface area (Å²) in [6.45, 7) is 4.07. The van der Waals surface area contributed by atoms with Gasteiger partial charge >= 0.3 is 0 Å². The van der Waals surface area contributed by atoms with Crippen LogP contribution in [0.3, 0.4) is 0 Å². The zero-order valence-electron chi connectivity index (χ0n) is 20.5. The topological polar surface area (TPSA) is 51.6 Å². The Kier molecular flexibility index (Phi) is 6.36. The zero-order chi connectivity index (χ0) is 25.4. The molecule has 1 N–H and O–H groups in total. The van der Waals surface area contributed by atoms with Crippen LogP contribution in [0.4, 0.5) is 10.1 Å². The van der Waals surface area contributed by atoms with E-state index in [1.54, 1.807) is 32.5 Å². The van der Waals surface area contributed by atoms with Crippen molar-refractivity contribution in [1.82, 2.24) is 14.9 Å². The first-order valence-electron chi connectivity index (χ1n) is 11.6. The second-order valence-electron chi connectivity index (χ2n) is 8.68. The summed E-state index contributed by atoms with van der Waals surface area (Å²) in [7, 11) is 3.27. The quantitative estimate of drug-likeness (QED) is 0.335. The average molecular weight is 503 g/mol. The van der Waals surface area contributed by atoms with Crippen molar-refractivity contribution >= 4 is 23.0 Å². The number of hydrogen-bond donors (Lipinski definition) is 1. The van der Waals surface area contributed by atoms with Crippen molar-refractivity contribution in [2.75, 3.05) is 19.1 Å². The highest BCUT2D eigenvalue weighted by Gasteiger charge is 2.43. The molecule has 0 spiro atoms. The summed E-state index contributed by atoms with van der Waals surface area (Å²) in [5, 5.41) is 4.04. The summed E-state index contributed by atoms with van der Waals surface area (Å²) >= 11 is 5.89. The minimum Gasteiger partial charge on any atom is -0.497 e. The van der Waals surface area contributed by atoms with E-state index in [1.807, 2.05) is 56.3 Å². The van der Waals surface area contributed by atoms with Crippen LogP contribution in [0.1, 0.15) is 34.7 Å². The summed E-state index contributed by atoms with van der Waals surface area (Å²) in [6, 6.07) is 19.8. The molecule has 2 atom stereocenters. The summed E-state index contributed by atoms with van der Waals surface area (Å²) in [5.41, 5.74) is 5.44. The van der Waals surface area contributed by atoms with Crippen molar-refractivity contribution in [3.05, 3.63) is 101 Å². The highest BCUT2D eigenvalue weighted by molar-refractivity contribution is 7.80. The van der Waals surface area contributed by atoms with Crippen molar-refractivity contribution < 1.29 is 13.9 Å². The lowest BCUT2D eigenvalue weighted by Crippen LogP contribution is -2.30. The molecule has 5 rings (SSSR count). The van der Waals surface area contributed by atoms with Crippen LogP contribution in [-0.2, 0) is 0 Å². The van der Waals surface area contributed by atoms with Gasteiger partial charge in [0.1, 0.15) is 17.3 Å². The van der Waals surface area contributed by atoms with E-state index in [2.05, 4.69) is 25.8 Å². The number of hydrogen-bond acceptors (Lipinski definition) is 4. The lowest BCUT2D eigenvalue weighted by Gasteiger charge is -2.29. The summed E-state index contributed by atoms with van der Waals surface area (Å²) in [5.74, 6) is 1.09. The van der Waals surface area contributed by atoms with Gasteiger partial charge in [-0.25, -0.2) is 4.39 Å². The number of ether oxygens (including phenoxy) is 2. The Labute approximate surface area is 215 Å². The maximum Gasteiger partial charge on any atom is 0.174 e. The third-order valence-corrected chi connectivity index (χ3v) is 6.91. The van der Waals surface area contributed by atoms with Gasteiger partial charge in [-0.2, -0.15) is 0 Å². The molecule has 8 heteroatoms. The van der Waals surface area contributed by atoms with Crippen molar-refractivity contribution in [3.63, 3.8) is 0 Å². The first-order chi connectivity index (χ1) is 17.4. The van der Waals surface area contributed by atoms with Crippen molar-refractivity contribution in [2.24, 2.45) is 0 Å². The van der Waals surface area contributed by atoms with Crippen LogP contribution in [0.25, 0.3) is 5.69 Å². The number of nitrogens with one attached hydrogen (secondary N) is 1. The van der Waals surface area contributed by atoms with E-state index < -0.39 is 0 Å². The summed E-state index contributed by atoms with van der Waals surface area (Å²) in [4.78, 5) is 6.71. The van der Waals surface area contributed by atoms with Gasteiger partial charge in [0.2, 0.25) is 0 Å². The zero-order valence-corrected chi connectivity index (χ0v) is 21.3. The number of nitrogens with zero attached hydrogens (tertiary/aromatic N) is 3. The number of aryl methyl sites for hydroxylation is 1. The molecule has 0 bridgehead atoms. The van der Waals surface area contributed by atoms with E-state index in [0.29, 0.717) is 16.6 Å². The van der Waals surface area contributed by atoms with Crippen molar-refractivity contribution in [1.29, 1.82) is 0 Å². The van der Waals surface area contributed by atoms with Crippen LogP contribution in [0, 0.1) is 19.7 Å². The van der Waals surface area contributed by atoms with Gasteiger partial charge in [-0.3, -0.25) is 4.98 Å². The normalized spacial score (nSPS) is 17.2. The number of thiocarbonyl (C=S) groups is 1. The number of pyridine rings is 1. The molecule has 1 aliphatic rings. The van der Waals surface area contributed by atoms with Gasteiger partial charge in [0.25, 0.3) is 0 Å². The minimum absolute atomic E-state index is 0.226. The maximum absolute atomic E-state index is 14.1. The average Bonchev–Trinajstić information content (AvgIpc) is 3.38. The summed E-state index contributed by atoms with van der Waals surface area (Å²) in [6.07, 6.45) is 1.78. The predicted octanol–water partition coefficient (Wildman–Crippen LogP) is 5.82. The highest BCUT2D eigenvalue weighted by Crippen LogP contribution is 2.47. The molecule has 3 heterocycles. The molecule has 2 aromatic heterocycles. The van der Waals surface area contributed by atoms with E-state index in [-0.39, 0.29) is 17.9 Å². The fraction of sp³-hybridized carbons (Fsp3) is 0.214. The number of benzene rings is 2. The maximum atomic E-state index is 14.1. The lowest BCUT2D eigenvalue weighted by atomic mass is 9.96. The Hall–Kier alpha value is -3.91. The molecule has 184 valence electrons. The number of methoxy groups -OCH3 is 2. The van der Waals surface area contributed by atoms with Gasteiger partial charge in [0.15, 0.2) is 5.11 Å². The van der Waals surface area contributed by atoms with Crippen LogP contribution in [-0.4, -0.2) is 28.9 Å². The van der Waals surface area contributed by atoms with Gasteiger partial charge in [0, 0.05) is 29.3 Å². The lowest BCUT2D eigenvalue weighted by molar-refractivity contribution is 0.403. The fourth-order valence-electron chi connectivity index (χ4n) is 5.02. The van der Waals surface area contributed by atoms with Gasteiger partial charge in [-0.15, -0.1) is 0 Å². The molecule has 1 fully saturated rings. The van der Waals surface area contributed by atoms with E-state index >= 15 is 0 Å². The van der Waals surface area contributed by atoms with Crippen LogP contribution >= 0.6 is 12.2 Å². The predicted molar refractivity (Wildman–Crippen MR) is 143 cm³/mol. The van der Waals surface area contributed by atoms with E-state index in [9.17, 15) is 4.39 Å². The molecular formula is C28H27FN4O2S. The van der Waals surface area contributed by atoms with Crippen LogP contribution in [0.2, 0.25) is 0 Å². The molecule has 2 aromatic carbocycles. The smallest absolute Gasteiger partial charge is 0.174 e. The Bertz CT molecular complexity index is 1420. The molecule has 0 saturated carbocycles. The molecule has 6 nitrogen and oxygen atoms in total. The van der Waals surface area contributed by atoms with Crippen molar-refractivity contribution in [3.8, 4) is 17.2 Å². The molecule has 36 heavy (non-hydrogen) atoms. The Balaban J connectivity index is 1.72. The molecule has 0 radical (unpaired) electrons. The van der Waals surface area contributed by atoms with Crippen LogP contribution in [0.15, 0.2) is 72.9 Å². The Morgan fingerprint density at radius 2 is 1.81 bits per heavy atom. The first-order valence-corrected chi connectivity index (χ1v) is 12.0. The third-order valence-electron chi connectivity index (χ3n) is 6.60. The Morgan fingerprint density at radius 3 is 2.50 bits per heavy atom. The van der Waals surface area contributed by atoms with E-state index in [4.69, 9.17) is 21.7 Å². The number of rotatable bonds is 6. The van der Waals surface area contributed by atoms with Crippen molar-refractivity contribution in [2.45, 2.75) is 25.9 Å². The largest absolute Gasteiger partial charge is 0.497 e. The molecular weight excluding hydrogens is 475 g/mol. The molecule has 4 aromatic rings. The van der Waals surface area contributed by atoms with Gasteiger partial charge < -0.3 is 24.3 Å². The van der Waals surface area contributed by atoms with E-state index in [0.717, 1.165) is 34.0 Å². The molecule has 1 saturated heterocycles. The Morgan fingerprint density at radius 1 is 0.972 bits per heavy atom. The molecule has 0 amide bonds. The molecule has 0 aliphatic carbocycles. The van der Waals surface area contributed by atoms with Gasteiger partial charge in [0.05, 0.1) is 37.7 Å². The van der Waals surface area contributed by atoms with Crippen LogP contribution < -0.4 is 19.7 Å². The van der Waals surface area contributed by atoms with Gasteiger partial charge in [-0.05, 0) is 80.2 Å². The first kappa shape index (κ1) is 23.8. The SMILES string of the molecule is COc1ccc(OC)c(N2C(=S)N[C@@H](c3ccccn3)[C@H]2c2cc(C)n(-c3cccc(F)c3)c2C)c1. The molecule has 1 aliphatic heterocycles. The molecule has 0 unspecified atom stereocenters. The number of aromatic nitrogens is 2. The number of halogens is 1. The second-order valence-corrected chi connectivity index (χ2v) is 9.06. The minimum atomic E-state index is -0.278. The second kappa shape index (κ2) is 9.62. The fourth-order valence-corrected chi connectivity index (χ4v) is 5.35. The summed E-state index contributed by atoms with van der Waals surface area (Å²) < 4.78 is 27.4.